The average Bonchev–Trinajstić information content (AvgIpc) is 2.30. The van der Waals surface area contributed by atoms with Crippen LogP contribution in [0.3, 0.4) is 0 Å². The van der Waals surface area contributed by atoms with Crippen molar-refractivity contribution in [2.45, 2.75) is 19.4 Å². The molecule has 0 aromatic carbocycles. The van der Waals surface area contributed by atoms with E-state index >= 15 is 0 Å². The number of thioether (sulfide) groups is 1. The van der Waals surface area contributed by atoms with Gasteiger partial charge in [0.25, 0.3) is 0 Å². The molecule has 1 heterocycles. The molecule has 100 valence electrons. The molecule has 0 unspecified atom stereocenters. The smallest absolute Gasteiger partial charge is 0.229 e. The van der Waals surface area contributed by atoms with Crippen LogP contribution < -0.4 is 5.32 Å². The first-order valence-electron chi connectivity index (χ1n) is 6.31. The number of carbonyl (C=O) groups excluding carboxylic acids is 1. The van der Waals surface area contributed by atoms with Crippen LogP contribution in [-0.4, -0.2) is 73.5 Å². The Morgan fingerprint density at radius 3 is 2.59 bits per heavy atom. The maximum absolute atomic E-state index is 11.3. The molecule has 0 aromatic rings. The van der Waals surface area contributed by atoms with Crippen LogP contribution in [0.1, 0.15) is 13.3 Å². The van der Waals surface area contributed by atoms with Crippen LogP contribution in [0.2, 0.25) is 0 Å². The molecule has 1 aliphatic heterocycles. The number of hydrogen-bond donors (Lipinski definition) is 1. The fraction of sp³-hybridized carbons (Fsp3) is 0.917. The van der Waals surface area contributed by atoms with Crippen LogP contribution >= 0.6 is 11.8 Å². The van der Waals surface area contributed by atoms with Gasteiger partial charge in [-0.05, 0) is 26.6 Å². The van der Waals surface area contributed by atoms with Gasteiger partial charge in [-0.15, -0.1) is 0 Å². The van der Waals surface area contributed by atoms with Crippen molar-refractivity contribution in [3.63, 3.8) is 0 Å². The third kappa shape index (κ3) is 5.75. The van der Waals surface area contributed by atoms with Crippen molar-refractivity contribution >= 4 is 17.7 Å². The molecule has 0 saturated carbocycles. The largest absolute Gasteiger partial charge is 0.355 e. The van der Waals surface area contributed by atoms with Gasteiger partial charge in [0.1, 0.15) is 0 Å². The third-order valence-electron chi connectivity index (χ3n) is 3.32. The summed E-state index contributed by atoms with van der Waals surface area (Å²) in [6.45, 7) is 7.66. The summed E-state index contributed by atoms with van der Waals surface area (Å²) in [7, 11) is 2.17. The summed E-state index contributed by atoms with van der Waals surface area (Å²) in [4.78, 5) is 16.2. The molecule has 5 heteroatoms. The lowest BCUT2D eigenvalue weighted by atomic mass is 10.1. The van der Waals surface area contributed by atoms with Crippen molar-refractivity contribution in [1.82, 2.24) is 15.1 Å². The molecule has 1 atom stereocenters. The van der Waals surface area contributed by atoms with Gasteiger partial charge in [-0.25, -0.2) is 0 Å². The molecular formula is C12H25N3OS. The number of rotatable bonds is 6. The van der Waals surface area contributed by atoms with Crippen molar-refractivity contribution < 1.29 is 4.79 Å². The van der Waals surface area contributed by atoms with E-state index in [1.165, 1.54) is 0 Å². The van der Waals surface area contributed by atoms with Gasteiger partial charge in [-0.1, -0.05) is 0 Å². The molecule has 0 aromatic heterocycles. The van der Waals surface area contributed by atoms with Crippen molar-refractivity contribution in [1.29, 1.82) is 0 Å². The normalized spacial score (nSPS) is 20.2. The summed E-state index contributed by atoms with van der Waals surface area (Å²) < 4.78 is 0. The molecule has 4 nitrogen and oxygen atoms in total. The summed E-state index contributed by atoms with van der Waals surface area (Å²) in [6, 6.07) is 0.568. The molecule has 1 fully saturated rings. The molecule has 0 radical (unpaired) electrons. The number of nitrogens with zero attached hydrogens (tertiary/aromatic N) is 2. The maximum Gasteiger partial charge on any atom is 0.229 e. The predicted octanol–water partition coefficient (Wildman–Crippen LogP) is 0.492. The van der Waals surface area contributed by atoms with E-state index in [4.69, 9.17) is 0 Å². The second kappa shape index (κ2) is 7.95. The minimum absolute atomic E-state index is 0.156. The summed E-state index contributed by atoms with van der Waals surface area (Å²) in [5.41, 5.74) is 0. The van der Waals surface area contributed by atoms with Gasteiger partial charge in [0.15, 0.2) is 0 Å². The fourth-order valence-electron chi connectivity index (χ4n) is 2.05. The van der Waals surface area contributed by atoms with Crippen molar-refractivity contribution in [3.8, 4) is 0 Å². The number of likely N-dealkylation sites (N-methyl/N-ethyl adjacent to an activating group) is 1. The van der Waals surface area contributed by atoms with Gasteiger partial charge in [0.2, 0.25) is 5.91 Å². The molecule has 1 N–H and O–H groups in total. The van der Waals surface area contributed by atoms with Crippen LogP contribution in [0, 0.1) is 0 Å². The van der Waals surface area contributed by atoms with Gasteiger partial charge >= 0.3 is 0 Å². The standard InChI is InChI=1S/C12H25N3OS/c1-11(4-5-13-12(16)10-17-3)15-8-6-14(2)7-9-15/h11H,4-10H2,1-3H3,(H,13,16)/t11-/m1/s1. The zero-order valence-electron chi connectivity index (χ0n) is 11.2. The van der Waals surface area contributed by atoms with Gasteiger partial charge < -0.3 is 10.2 Å². The van der Waals surface area contributed by atoms with Gasteiger partial charge in [0.05, 0.1) is 5.75 Å². The molecule has 1 amide bonds. The van der Waals surface area contributed by atoms with Crippen LogP contribution in [-0.2, 0) is 4.79 Å². The first kappa shape index (κ1) is 14.8. The lowest BCUT2D eigenvalue weighted by molar-refractivity contribution is -0.118. The first-order valence-corrected chi connectivity index (χ1v) is 7.71. The average molecular weight is 259 g/mol. The SMILES string of the molecule is CSCC(=O)NCC[C@@H](C)N1CCN(C)CC1. The monoisotopic (exact) mass is 259 g/mol. The maximum atomic E-state index is 11.3. The summed E-state index contributed by atoms with van der Waals surface area (Å²) in [6.07, 6.45) is 3.00. The van der Waals surface area contributed by atoms with E-state index in [-0.39, 0.29) is 5.91 Å². The highest BCUT2D eigenvalue weighted by atomic mass is 32.2. The van der Waals surface area contributed by atoms with E-state index < -0.39 is 0 Å². The van der Waals surface area contributed by atoms with E-state index in [1.54, 1.807) is 11.8 Å². The Kier molecular flexibility index (Phi) is 6.92. The quantitative estimate of drug-likeness (QED) is 0.753. The van der Waals surface area contributed by atoms with E-state index in [0.717, 1.165) is 39.1 Å². The van der Waals surface area contributed by atoms with Crippen LogP contribution in [0.25, 0.3) is 0 Å². The van der Waals surface area contributed by atoms with Crippen molar-refractivity contribution in [3.05, 3.63) is 0 Å². The summed E-state index contributed by atoms with van der Waals surface area (Å²) >= 11 is 1.57. The van der Waals surface area contributed by atoms with Gasteiger partial charge in [-0.3, -0.25) is 9.69 Å². The van der Waals surface area contributed by atoms with Crippen LogP contribution in [0.4, 0.5) is 0 Å². The third-order valence-corrected chi connectivity index (χ3v) is 3.87. The molecule has 1 rings (SSSR count). The van der Waals surface area contributed by atoms with Gasteiger partial charge in [0, 0.05) is 38.8 Å². The molecule has 17 heavy (non-hydrogen) atoms. The minimum atomic E-state index is 0.156. The Morgan fingerprint density at radius 1 is 1.35 bits per heavy atom. The molecule has 0 spiro atoms. The van der Waals surface area contributed by atoms with Crippen molar-refractivity contribution in [2.75, 3.05) is 51.8 Å². The molecule has 0 aliphatic carbocycles. The predicted molar refractivity (Wildman–Crippen MR) is 74.5 cm³/mol. The Morgan fingerprint density at radius 2 is 2.00 bits per heavy atom. The minimum Gasteiger partial charge on any atom is -0.355 e. The number of hydrogen-bond acceptors (Lipinski definition) is 4. The number of amides is 1. The van der Waals surface area contributed by atoms with E-state index in [0.29, 0.717) is 11.8 Å². The Labute approximate surface area is 109 Å². The number of piperazine rings is 1. The van der Waals surface area contributed by atoms with Crippen LogP contribution in [0.5, 0.6) is 0 Å². The molecule has 1 saturated heterocycles. The van der Waals surface area contributed by atoms with Gasteiger partial charge in [-0.2, -0.15) is 11.8 Å². The second-order valence-electron chi connectivity index (χ2n) is 4.76. The lowest BCUT2D eigenvalue weighted by Gasteiger charge is -2.36. The highest BCUT2D eigenvalue weighted by Crippen LogP contribution is 2.07. The zero-order chi connectivity index (χ0) is 12.7. The summed E-state index contributed by atoms with van der Waals surface area (Å²) in [5.74, 6) is 0.728. The molecule has 0 bridgehead atoms. The van der Waals surface area contributed by atoms with E-state index in [1.807, 2.05) is 6.26 Å². The zero-order valence-corrected chi connectivity index (χ0v) is 12.1. The van der Waals surface area contributed by atoms with Crippen LogP contribution in [0.15, 0.2) is 0 Å². The fourth-order valence-corrected chi connectivity index (χ4v) is 2.41. The Balaban J connectivity index is 2.12. The lowest BCUT2D eigenvalue weighted by Crippen LogP contribution is -2.48. The summed E-state index contributed by atoms with van der Waals surface area (Å²) in [5, 5.41) is 2.97. The van der Waals surface area contributed by atoms with E-state index in [9.17, 15) is 4.79 Å². The number of nitrogens with one attached hydrogen (secondary N) is 1. The highest BCUT2D eigenvalue weighted by Gasteiger charge is 2.18. The topological polar surface area (TPSA) is 35.6 Å². The molecular weight excluding hydrogens is 234 g/mol. The van der Waals surface area contributed by atoms with E-state index in [2.05, 4.69) is 29.1 Å². The highest BCUT2D eigenvalue weighted by molar-refractivity contribution is 7.99. The second-order valence-corrected chi connectivity index (χ2v) is 5.63. The molecule has 1 aliphatic rings. The Bertz CT molecular complexity index is 230. The first-order chi connectivity index (χ1) is 8.13. The van der Waals surface area contributed by atoms with Crippen molar-refractivity contribution in [2.24, 2.45) is 0 Å². The number of carbonyl (C=O) groups is 1. The Hall–Kier alpha value is -0.260.